The van der Waals surface area contributed by atoms with Gasteiger partial charge in [-0.2, -0.15) is 0 Å². The van der Waals surface area contributed by atoms with E-state index in [0.29, 0.717) is 32.2 Å². The molecule has 2 heterocycles. The highest BCUT2D eigenvalue weighted by atomic mass is 32.1. The van der Waals surface area contributed by atoms with E-state index in [9.17, 15) is 4.79 Å². The Labute approximate surface area is 166 Å². The van der Waals surface area contributed by atoms with Crippen LogP contribution in [0.5, 0.6) is 0 Å². The third-order valence-electron chi connectivity index (χ3n) is 5.05. The van der Waals surface area contributed by atoms with Gasteiger partial charge in [-0.05, 0) is 26.3 Å². The van der Waals surface area contributed by atoms with Crippen molar-refractivity contribution in [2.45, 2.75) is 52.4 Å². The fourth-order valence-corrected chi connectivity index (χ4v) is 4.14. The van der Waals surface area contributed by atoms with E-state index in [1.54, 1.807) is 11.3 Å². The zero-order valence-corrected chi connectivity index (χ0v) is 17.2. The van der Waals surface area contributed by atoms with Crippen molar-refractivity contribution in [3.05, 3.63) is 52.0 Å². The Bertz CT molecular complexity index is 732. The number of morpholine rings is 1. The molecule has 0 aliphatic carbocycles. The molecule has 2 aromatic rings. The molecule has 1 atom stereocenters. The molecule has 1 aliphatic heterocycles. The minimum absolute atomic E-state index is 0.0329. The van der Waals surface area contributed by atoms with Crippen molar-refractivity contribution < 1.29 is 9.53 Å². The summed E-state index contributed by atoms with van der Waals surface area (Å²) in [7, 11) is 0. The molecular weight excluding hydrogens is 358 g/mol. The summed E-state index contributed by atoms with van der Waals surface area (Å²) in [6.07, 6.45) is 0.392. The zero-order valence-electron chi connectivity index (χ0n) is 16.4. The molecule has 1 saturated heterocycles. The van der Waals surface area contributed by atoms with Gasteiger partial charge in [0.25, 0.3) is 0 Å². The first-order valence-corrected chi connectivity index (χ1v) is 10.5. The van der Waals surface area contributed by atoms with Gasteiger partial charge in [0.2, 0.25) is 5.91 Å². The van der Waals surface area contributed by atoms with Gasteiger partial charge < -0.3 is 9.64 Å². The lowest BCUT2D eigenvalue weighted by molar-refractivity contribution is -0.137. The topological polar surface area (TPSA) is 45.7 Å². The molecule has 27 heavy (non-hydrogen) atoms. The fourth-order valence-electron chi connectivity index (χ4n) is 3.35. The normalized spacial score (nSPS) is 18.0. The van der Waals surface area contributed by atoms with Crippen molar-refractivity contribution in [2.24, 2.45) is 0 Å². The second-order valence-electron chi connectivity index (χ2n) is 7.38. The van der Waals surface area contributed by atoms with Gasteiger partial charge in [-0.15, -0.1) is 11.3 Å². The number of thiazole rings is 1. The molecule has 1 fully saturated rings. The van der Waals surface area contributed by atoms with Gasteiger partial charge in [-0.25, -0.2) is 4.98 Å². The number of nitrogens with zero attached hydrogens (tertiary/aromatic N) is 3. The van der Waals surface area contributed by atoms with E-state index in [1.165, 1.54) is 0 Å². The van der Waals surface area contributed by atoms with Gasteiger partial charge in [0, 0.05) is 30.6 Å². The molecule has 0 spiro atoms. The molecule has 0 N–H and O–H groups in total. The zero-order chi connectivity index (χ0) is 19.2. The fraction of sp³-hybridized carbons (Fsp3) is 0.524. The van der Waals surface area contributed by atoms with Crippen molar-refractivity contribution >= 4 is 17.2 Å². The second-order valence-corrected chi connectivity index (χ2v) is 8.32. The smallest absolute Gasteiger partial charge is 0.225 e. The minimum atomic E-state index is -0.0329. The quantitative estimate of drug-likeness (QED) is 0.730. The predicted octanol–water partition coefficient (Wildman–Crippen LogP) is 3.48. The summed E-state index contributed by atoms with van der Waals surface area (Å²) >= 11 is 1.61. The first-order valence-electron chi connectivity index (χ1n) is 9.59. The third-order valence-corrected chi connectivity index (χ3v) is 5.97. The van der Waals surface area contributed by atoms with E-state index >= 15 is 0 Å². The third kappa shape index (κ3) is 5.61. The van der Waals surface area contributed by atoms with Crippen LogP contribution in [0.4, 0.5) is 0 Å². The predicted molar refractivity (Wildman–Crippen MR) is 109 cm³/mol. The highest BCUT2D eigenvalue weighted by Gasteiger charge is 2.27. The van der Waals surface area contributed by atoms with Gasteiger partial charge in [0.05, 0.1) is 36.9 Å². The molecule has 0 radical (unpaired) electrons. The lowest BCUT2D eigenvalue weighted by Gasteiger charge is -2.36. The Hall–Kier alpha value is -1.76. The van der Waals surface area contributed by atoms with E-state index in [1.807, 2.05) is 35.5 Å². The van der Waals surface area contributed by atoms with Gasteiger partial charge in [-0.1, -0.05) is 30.3 Å². The average molecular weight is 388 g/mol. The molecule has 1 aliphatic rings. The van der Waals surface area contributed by atoms with Crippen LogP contribution in [-0.4, -0.2) is 52.5 Å². The molecule has 1 amide bonds. The van der Waals surface area contributed by atoms with Crippen LogP contribution in [0.25, 0.3) is 0 Å². The van der Waals surface area contributed by atoms with E-state index in [0.717, 1.165) is 29.2 Å². The van der Waals surface area contributed by atoms with Crippen LogP contribution >= 0.6 is 11.3 Å². The standard InChI is InChI=1S/C21H29N3O2S/c1-16(2)23-9-10-26-19(13-23)11-21(25)24(12-18-7-5-4-6-8-18)14-20-17(3)22-15-27-20/h4-8,15-16,19H,9-14H2,1-3H3/t19-/m1/s1. The Morgan fingerprint density at radius 2 is 2.11 bits per heavy atom. The molecular formula is C21H29N3O2S. The number of ether oxygens (including phenoxy) is 1. The average Bonchev–Trinajstić information content (AvgIpc) is 3.07. The molecule has 6 heteroatoms. The first-order chi connectivity index (χ1) is 13.0. The summed E-state index contributed by atoms with van der Waals surface area (Å²) < 4.78 is 5.89. The van der Waals surface area contributed by atoms with Crippen molar-refractivity contribution in [2.75, 3.05) is 19.7 Å². The number of carbonyl (C=O) groups excluding carboxylic acids is 1. The van der Waals surface area contributed by atoms with Gasteiger partial charge in [-0.3, -0.25) is 9.69 Å². The summed E-state index contributed by atoms with van der Waals surface area (Å²) in [6.45, 7) is 10.1. The molecule has 146 valence electrons. The number of rotatable bonds is 7. The summed E-state index contributed by atoms with van der Waals surface area (Å²) in [5, 5.41) is 0. The molecule has 3 rings (SSSR count). The van der Waals surface area contributed by atoms with Gasteiger partial charge in [0.15, 0.2) is 0 Å². The lowest BCUT2D eigenvalue weighted by atomic mass is 10.1. The summed E-state index contributed by atoms with van der Waals surface area (Å²) in [5.74, 6) is 0.141. The highest BCUT2D eigenvalue weighted by Crippen LogP contribution is 2.19. The molecule has 0 unspecified atom stereocenters. The Morgan fingerprint density at radius 1 is 1.33 bits per heavy atom. The van der Waals surface area contributed by atoms with Gasteiger partial charge in [0.1, 0.15) is 0 Å². The van der Waals surface area contributed by atoms with Crippen LogP contribution < -0.4 is 0 Å². The van der Waals surface area contributed by atoms with Crippen LogP contribution in [0.3, 0.4) is 0 Å². The maximum absolute atomic E-state index is 13.1. The maximum atomic E-state index is 13.1. The molecule has 1 aromatic carbocycles. The van der Waals surface area contributed by atoms with Crippen LogP contribution in [0.15, 0.2) is 35.8 Å². The van der Waals surface area contributed by atoms with E-state index < -0.39 is 0 Å². The van der Waals surface area contributed by atoms with E-state index in [-0.39, 0.29) is 12.0 Å². The van der Waals surface area contributed by atoms with Crippen molar-refractivity contribution in [1.82, 2.24) is 14.8 Å². The number of amides is 1. The van der Waals surface area contributed by atoms with E-state index in [2.05, 4.69) is 35.9 Å². The SMILES string of the molecule is Cc1ncsc1CN(Cc1ccccc1)C(=O)C[C@@H]1CN(C(C)C)CCO1. The number of hydrogen-bond donors (Lipinski definition) is 0. The summed E-state index contributed by atoms with van der Waals surface area (Å²) in [4.78, 5) is 22.9. The largest absolute Gasteiger partial charge is 0.375 e. The van der Waals surface area contributed by atoms with Crippen LogP contribution in [0, 0.1) is 6.92 Å². The number of hydrogen-bond acceptors (Lipinski definition) is 5. The number of aromatic nitrogens is 1. The van der Waals surface area contributed by atoms with Gasteiger partial charge >= 0.3 is 0 Å². The highest BCUT2D eigenvalue weighted by molar-refractivity contribution is 7.09. The second kappa shape index (κ2) is 9.44. The number of benzene rings is 1. The minimum Gasteiger partial charge on any atom is -0.375 e. The molecule has 5 nitrogen and oxygen atoms in total. The molecule has 0 bridgehead atoms. The summed E-state index contributed by atoms with van der Waals surface area (Å²) in [5.41, 5.74) is 3.99. The summed E-state index contributed by atoms with van der Waals surface area (Å²) in [6, 6.07) is 10.6. The Balaban J connectivity index is 1.69. The monoisotopic (exact) mass is 387 g/mol. The van der Waals surface area contributed by atoms with Crippen molar-refractivity contribution in [3.8, 4) is 0 Å². The maximum Gasteiger partial charge on any atom is 0.225 e. The molecule has 0 saturated carbocycles. The van der Waals surface area contributed by atoms with E-state index in [4.69, 9.17) is 4.74 Å². The first kappa shape index (κ1) is 20.0. The lowest BCUT2D eigenvalue weighted by Crippen LogP contribution is -2.47. The number of carbonyl (C=O) groups is 1. The van der Waals surface area contributed by atoms with Crippen LogP contribution in [0.2, 0.25) is 0 Å². The Morgan fingerprint density at radius 3 is 2.78 bits per heavy atom. The van der Waals surface area contributed by atoms with Crippen LogP contribution in [0.1, 0.15) is 36.4 Å². The number of aryl methyl sites for hydroxylation is 1. The molecule has 1 aromatic heterocycles. The van der Waals surface area contributed by atoms with Crippen molar-refractivity contribution in [1.29, 1.82) is 0 Å². The van der Waals surface area contributed by atoms with Crippen LogP contribution in [-0.2, 0) is 22.6 Å². The van der Waals surface area contributed by atoms with Crippen molar-refractivity contribution in [3.63, 3.8) is 0 Å². The Kier molecular flexibility index (Phi) is 6.99.